The van der Waals surface area contributed by atoms with Gasteiger partial charge in [-0.2, -0.15) is 0 Å². The number of hydrogen-bond acceptors (Lipinski definition) is 3. The number of aliphatic hydroxyl groups excluding tert-OH is 1. The van der Waals surface area contributed by atoms with Crippen LogP contribution in [-0.4, -0.2) is 23.2 Å². The average Bonchev–Trinajstić information content (AvgIpc) is 3.21. The summed E-state index contributed by atoms with van der Waals surface area (Å²) < 4.78 is 0. The molecule has 1 fully saturated rings. The molecule has 0 radical (unpaired) electrons. The summed E-state index contributed by atoms with van der Waals surface area (Å²) in [5.74, 6) is 3.49. The second-order valence-corrected chi connectivity index (χ2v) is 4.89. The van der Waals surface area contributed by atoms with Gasteiger partial charge in [0.15, 0.2) is 0 Å². The molecule has 3 nitrogen and oxygen atoms in total. The molecule has 1 N–H and O–H groups in total. The summed E-state index contributed by atoms with van der Waals surface area (Å²) in [7, 11) is 0. The highest BCUT2D eigenvalue weighted by atomic mass is 16.3. The van der Waals surface area contributed by atoms with Gasteiger partial charge in [-0.15, -0.1) is 6.42 Å². The van der Waals surface area contributed by atoms with Gasteiger partial charge in [0.2, 0.25) is 0 Å². The highest BCUT2D eigenvalue weighted by Crippen LogP contribution is 2.31. The van der Waals surface area contributed by atoms with E-state index in [2.05, 4.69) is 15.8 Å². The van der Waals surface area contributed by atoms with Crippen LogP contribution in [0.15, 0.2) is 18.3 Å². The van der Waals surface area contributed by atoms with E-state index in [1.807, 2.05) is 25.3 Å². The molecule has 96 valence electrons. The van der Waals surface area contributed by atoms with Gasteiger partial charge in [0, 0.05) is 6.54 Å². The molecule has 1 heterocycles. The van der Waals surface area contributed by atoms with E-state index in [0.29, 0.717) is 13.0 Å². The SMILES string of the molecule is C#CCN(CC1CC1)c1ccc(C(O)CC)nc1. The molecule has 1 aliphatic carbocycles. The number of anilines is 1. The number of terminal acetylenes is 1. The molecular formula is C15H20N2O. The highest BCUT2D eigenvalue weighted by Gasteiger charge is 2.24. The zero-order valence-corrected chi connectivity index (χ0v) is 10.8. The molecule has 1 atom stereocenters. The first-order chi connectivity index (χ1) is 8.74. The van der Waals surface area contributed by atoms with Crippen LogP contribution < -0.4 is 4.90 Å². The predicted molar refractivity (Wildman–Crippen MR) is 73.3 cm³/mol. The molecule has 1 saturated carbocycles. The van der Waals surface area contributed by atoms with E-state index in [0.717, 1.165) is 23.8 Å². The van der Waals surface area contributed by atoms with Crippen LogP contribution in [0.1, 0.15) is 38.0 Å². The lowest BCUT2D eigenvalue weighted by atomic mass is 10.2. The second-order valence-electron chi connectivity index (χ2n) is 4.89. The molecule has 0 aliphatic heterocycles. The van der Waals surface area contributed by atoms with Crippen molar-refractivity contribution in [3.8, 4) is 12.3 Å². The lowest BCUT2D eigenvalue weighted by Crippen LogP contribution is -2.26. The number of hydrogen-bond donors (Lipinski definition) is 1. The normalized spacial score (nSPS) is 16.1. The zero-order valence-electron chi connectivity index (χ0n) is 10.8. The maximum Gasteiger partial charge on any atom is 0.0957 e. The molecule has 0 bridgehead atoms. The molecule has 0 aromatic carbocycles. The number of aromatic nitrogens is 1. The summed E-state index contributed by atoms with van der Waals surface area (Å²) in [6.07, 6.45) is 10.1. The first-order valence-corrected chi connectivity index (χ1v) is 6.57. The predicted octanol–water partition coefficient (Wildman–Crippen LogP) is 2.37. The van der Waals surface area contributed by atoms with Crippen LogP contribution in [0, 0.1) is 18.3 Å². The summed E-state index contributed by atoms with van der Waals surface area (Å²) in [4.78, 5) is 6.51. The summed E-state index contributed by atoms with van der Waals surface area (Å²) >= 11 is 0. The summed E-state index contributed by atoms with van der Waals surface area (Å²) in [6.45, 7) is 3.58. The van der Waals surface area contributed by atoms with Crippen LogP contribution in [0.2, 0.25) is 0 Å². The monoisotopic (exact) mass is 244 g/mol. The van der Waals surface area contributed by atoms with E-state index in [9.17, 15) is 5.11 Å². The lowest BCUT2D eigenvalue weighted by molar-refractivity contribution is 0.169. The first kappa shape index (κ1) is 12.9. The Bertz CT molecular complexity index is 417. The fourth-order valence-electron chi connectivity index (χ4n) is 1.97. The Hall–Kier alpha value is -1.53. The van der Waals surface area contributed by atoms with Crippen LogP contribution in [0.4, 0.5) is 5.69 Å². The van der Waals surface area contributed by atoms with E-state index in [-0.39, 0.29) is 0 Å². The Morgan fingerprint density at radius 3 is 2.83 bits per heavy atom. The topological polar surface area (TPSA) is 36.4 Å². The van der Waals surface area contributed by atoms with Crippen LogP contribution in [0.25, 0.3) is 0 Å². The average molecular weight is 244 g/mol. The summed E-state index contributed by atoms with van der Waals surface area (Å²) in [6, 6.07) is 3.89. The van der Waals surface area contributed by atoms with Crippen molar-refractivity contribution in [2.45, 2.75) is 32.3 Å². The van der Waals surface area contributed by atoms with Crippen molar-refractivity contribution in [1.29, 1.82) is 0 Å². The van der Waals surface area contributed by atoms with Gasteiger partial charge in [0.1, 0.15) is 0 Å². The third-order valence-corrected chi connectivity index (χ3v) is 3.32. The Kier molecular flexibility index (Phi) is 4.22. The van der Waals surface area contributed by atoms with Crippen molar-refractivity contribution in [2.75, 3.05) is 18.0 Å². The van der Waals surface area contributed by atoms with Gasteiger partial charge in [-0.25, -0.2) is 0 Å². The largest absolute Gasteiger partial charge is 0.387 e. The zero-order chi connectivity index (χ0) is 13.0. The fourth-order valence-corrected chi connectivity index (χ4v) is 1.97. The van der Waals surface area contributed by atoms with Crippen LogP contribution >= 0.6 is 0 Å². The highest BCUT2D eigenvalue weighted by molar-refractivity contribution is 5.46. The number of nitrogens with zero attached hydrogens (tertiary/aromatic N) is 2. The first-order valence-electron chi connectivity index (χ1n) is 6.57. The maximum absolute atomic E-state index is 9.71. The van der Waals surface area contributed by atoms with Crippen molar-refractivity contribution in [3.05, 3.63) is 24.0 Å². The van der Waals surface area contributed by atoms with Crippen molar-refractivity contribution in [1.82, 2.24) is 4.98 Å². The summed E-state index contributed by atoms with van der Waals surface area (Å²) in [5, 5.41) is 9.71. The van der Waals surface area contributed by atoms with Gasteiger partial charge in [-0.1, -0.05) is 12.8 Å². The molecule has 0 spiro atoms. The van der Waals surface area contributed by atoms with Gasteiger partial charge >= 0.3 is 0 Å². The quantitative estimate of drug-likeness (QED) is 0.780. The van der Waals surface area contributed by atoms with Crippen LogP contribution in [0.5, 0.6) is 0 Å². The van der Waals surface area contributed by atoms with Gasteiger partial charge < -0.3 is 10.0 Å². The van der Waals surface area contributed by atoms with Crippen LogP contribution in [-0.2, 0) is 0 Å². The molecule has 1 aromatic heterocycles. The molecule has 18 heavy (non-hydrogen) atoms. The third-order valence-electron chi connectivity index (χ3n) is 3.32. The smallest absolute Gasteiger partial charge is 0.0957 e. The van der Waals surface area contributed by atoms with Gasteiger partial charge in [-0.3, -0.25) is 4.98 Å². The number of rotatable bonds is 6. The molecule has 3 heteroatoms. The number of aliphatic hydroxyl groups is 1. The molecule has 0 saturated heterocycles. The lowest BCUT2D eigenvalue weighted by Gasteiger charge is -2.22. The third kappa shape index (κ3) is 3.24. The number of pyridine rings is 1. The van der Waals surface area contributed by atoms with Crippen LogP contribution in [0.3, 0.4) is 0 Å². The molecule has 2 rings (SSSR count). The van der Waals surface area contributed by atoms with Crippen molar-refractivity contribution >= 4 is 5.69 Å². The Morgan fingerprint density at radius 1 is 1.56 bits per heavy atom. The van der Waals surface area contributed by atoms with Gasteiger partial charge in [-0.05, 0) is 37.3 Å². The minimum atomic E-state index is -0.469. The van der Waals surface area contributed by atoms with E-state index in [4.69, 9.17) is 6.42 Å². The maximum atomic E-state index is 9.71. The van der Waals surface area contributed by atoms with Crippen molar-refractivity contribution in [3.63, 3.8) is 0 Å². The van der Waals surface area contributed by atoms with E-state index in [1.165, 1.54) is 12.8 Å². The molecule has 1 aliphatic rings. The minimum absolute atomic E-state index is 0.469. The summed E-state index contributed by atoms with van der Waals surface area (Å²) in [5.41, 5.74) is 1.78. The van der Waals surface area contributed by atoms with E-state index in [1.54, 1.807) is 0 Å². The Balaban J connectivity index is 2.07. The fraction of sp³-hybridized carbons (Fsp3) is 0.533. The standard InChI is InChI=1S/C15H20N2O/c1-3-9-17(11-12-5-6-12)13-7-8-14(16-10-13)15(18)4-2/h1,7-8,10,12,15,18H,4-6,9,11H2,2H3. The second kappa shape index (κ2) is 5.88. The van der Waals surface area contributed by atoms with Crippen molar-refractivity contribution in [2.24, 2.45) is 5.92 Å². The van der Waals surface area contributed by atoms with E-state index < -0.39 is 6.10 Å². The van der Waals surface area contributed by atoms with Crippen molar-refractivity contribution < 1.29 is 5.11 Å². The minimum Gasteiger partial charge on any atom is -0.387 e. The molecule has 0 amide bonds. The molecule has 1 unspecified atom stereocenters. The van der Waals surface area contributed by atoms with E-state index >= 15 is 0 Å². The molecular weight excluding hydrogens is 224 g/mol. The Morgan fingerprint density at radius 2 is 2.33 bits per heavy atom. The Labute approximate surface area is 109 Å². The van der Waals surface area contributed by atoms with Gasteiger partial charge in [0.05, 0.1) is 30.2 Å². The van der Waals surface area contributed by atoms with Gasteiger partial charge in [0.25, 0.3) is 0 Å². The molecule has 1 aromatic rings.